The lowest BCUT2D eigenvalue weighted by atomic mass is 10.1. The summed E-state index contributed by atoms with van der Waals surface area (Å²) >= 11 is 0. The number of nitrogens with zero attached hydrogens (tertiary/aromatic N) is 1. The third-order valence-electron chi connectivity index (χ3n) is 2.06. The van der Waals surface area contributed by atoms with E-state index in [-0.39, 0.29) is 5.78 Å². The molecule has 0 aliphatic carbocycles. The number of ketones is 1. The number of nitrogens with one attached hydrogen (secondary N) is 1. The number of hydrogen-bond acceptors (Lipinski definition) is 3. The summed E-state index contributed by atoms with van der Waals surface area (Å²) in [6, 6.07) is 5.21. The summed E-state index contributed by atoms with van der Waals surface area (Å²) in [5, 5.41) is 10.6. The van der Waals surface area contributed by atoms with Gasteiger partial charge in [0.1, 0.15) is 5.69 Å². The van der Waals surface area contributed by atoms with E-state index < -0.39 is 6.09 Å². The van der Waals surface area contributed by atoms with Gasteiger partial charge in [-0.25, -0.2) is 4.79 Å². The molecule has 0 saturated heterocycles. The first kappa shape index (κ1) is 12.2. The van der Waals surface area contributed by atoms with Crippen LogP contribution in [0.5, 0.6) is 0 Å². The van der Waals surface area contributed by atoms with Crippen molar-refractivity contribution in [3.05, 3.63) is 30.1 Å². The van der Waals surface area contributed by atoms with Gasteiger partial charge in [-0.3, -0.25) is 9.78 Å². The molecule has 1 amide bonds. The van der Waals surface area contributed by atoms with Gasteiger partial charge in [0.05, 0.1) is 0 Å². The highest BCUT2D eigenvalue weighted by Crippen LogP contribution is 2.03. The topological polar surface area (TPSA) is 79.3 Å². The minimum atomic E-state index is -1.03. The monoisotopic (exact) mass is 222 g/mol. The number of carbonyl (C=O) groups is 2. The summed E-state index contributed by atoms with van der Waals surface area (Å²) < 4.78 is 0. The Morgan fingerprint density at radius 3 is 2.75 bits per heavy atom. The van der Waals surface area contributed by atoms with Gasteiger partial charge in [-0.1, -0.05) is 6.07 Å². The first-order valence-corrected chi connectivity index (χ1v) is 5.11. The summed E-state index contributed by atoms with van der Waals surface area (Å²) in [5.41, 5.74) is 0.466. The molecule has 5 nitrogen and oxygen atoms in total. The van der Waals surface area contributed by atoms with Crippen molar-refractivity contribution in [3.63, 3.8) is 0 Å². The SMILES string of the molecule is O=C(O)NCCCCC(=O)c1ccccn1. The maximum atomic E-state index is 11.5. The molecular formula is C11H14N2O3. The molecule has 0 aliphatic rings. The van der Waals surface area contributed by atoms with E-state index in [0.29, 0.717) is 31.5 Å². The van der Waals surface area contributed by atoms with Crippen LogP contribution in [0.2, 0.25) is 0 Å². The van der Waals surface area contributed by atoms with Crippen molar-refractivity contribution in [1.82, 2.24) is 10.3 Å². The van der Waals surface area contributed by atoms with Gasteiger partial charge < -0.3 is 10.4 Å². The Bertz CT molecular complexity index is 352. The number of carbonyl (C=O) groups excluding carboxylic acids is 1. The Hall–Kier alpha value is -1.91. The quantitative estimate of drug-likeness (QED) is 0.567. The van der Waals surface area contributed by atoms with Crippen molar-refractivity contribution in [2.45, 2.75) is 19.3 Å². The van der Waals surface area contributed by atoms with Gasteiger partial charge in [0.15, 0.2) is 5.78 Å². The Kier molecular flexibility index (Phi) is 4.98. The molecule has 0 spiro atoms. The van der Waals surface area contributed by atoms with Crippen LogP contribution in [0.15, 0.2) is 24.4 Å². The Morgan fingerprint density at radius 1 is 1.31 bits per heavy atom. The van der Waals surface area contributed by atoms with Gasteiger partial charge >= 0.3 is 6.09 Å². The van der Waals surface area contributed by atoms with E-state index in [1.165, 1.54) is 0 Å². The number of carboxylic acid groups (broad SMARTS) is 1. The minimum Gasteiger partial charge on any atom is -0.465 e. The second-order valence-electron chi connectivity index (χ2n) is 3.33. The molecule has 0 fully saturated rings. The third kappa shape index (κ3) is 4.54. The first-order chi connectivity index (χ1) is 7.70. The predicted octanol–water partition coefficient (Wildman–Crippen LogP) is 1.70. The number of Topliss-reactive ketones (excluding diaryl/α,β-unsaturated/α-hetero) is 1. The van der Waals surface area contributed by atoms with Crippen LogP contribution < -0.4 is 5.32 Å². The number of unbranched alkanes of at least 4 members (excludes halogenated alkanes) is 1. The summed E-state index contributed by atoms with van der Waals surface area (Å²) in [4.78, 5) is 25.6. The fourth-order valence-corrected chi connectivity index (χ4v) is 1.26. The molecule has 2 N–H and O–H groups in total. The zero-order valence-corrected chi connectivity index (χ0v) is 8.85. The van der Waals surface area contributed by atoms with E-state index in [9.17, 15) is 9.59 Å². The van der Waals surface area contributed by atoms with Crippen LogP contribution in [0.4, 0.5) is 4.79 Å². The molecule has 16 heavy (non-hydrogen) atoms. The van der Waals surface area contributed by atoms with E-state index in [4.69, 9.17) is 5.11 Å². The van der Waals surface area contributed by atoms with Crippen LogP contribution in [0, 0.1) is 0 Å². The number of aromatic nitrogens is 1. The molecule has 0 radical (unpaired) electrons. The predicted molar refractivity (Wildman–Crippen MR) is 58.4 cm³/mol. The normalized spacial score (nSPS) is 9.75. The van der Waals surface area contributed by atoms with Crippen molar-refractivity contribution >= 4 is 11.9 Å². The molecule has 1 rings (SSSR count). The zero-order valence-electron chi connectivity index (χ0n) is 8.85. The van der Waals surface area contributed by atoms with Crippen LogP contribution in [-0.4, -0.2) is 28.5 Å². The largest absolute Gasteiger partial charge is 0.465 e. The maximum Gasteiger partial charge on any atom is 0.404 e. The Balaban J connectivity index is 2.19. The number of amides is 1. The fraction of sp³-hybridized carbons (Fsp3) is 0.364. The fourth-order valence-electron chi connectivity index (χ4n) is 1.26. The smallest absolute Gasteiger partial charge is 0.404 e. The lowest BCUT2D eigenvalue weighted by molar-refractivity contribution is 0.0974. The van der Waals surface area contributed by atoms with Crippen LogP contribution in [0.25, 0.3) is 0 Å². The van der Waals surface area contributed by atoms with E-state index in [0.717, 1.165) is 0 Å². The number of rotatable bonds is 6. The second-order valence-corrected chi connectivity index (χ2v) is 3.33. The van der Waals surface area contributed by atoms with Crippen molar-refractivity contribution in [2.24, 2.45) is 0 Å². The lowest BCUT2D eigenvalue weighted by Gasteiger charge is -2.01. The molecule has 1 aromatic rings. The van der Waals surface area contributed by atoms with E-state index in [1.54, 1.807) is 24.4 Å². The van der Waals surface area contributed by atoms with Gasteiger partial charge in [0.25, 0.3) is 0 Å². The molecule has 0 saturated carbocycles. The van der Waals surface area contributed by atoms with Gasteiger partial charge in [-0.15, -0.1) is 0 Å². The standard InChI is InChI=1S/C11H14N2O3/c14-10(9-5-1-3-7-12-9)6-2-4-8-13-11(15)16/h1,3,5,7,13H,2,4,6,8H2,(H,15,16). The summed E-state index contributed by atoms with van der Waals surface area (Å²) in [7, 11) is 0. The molecule has 0 aromatic carbocycles. The second kappa shape index (κ2) is 6.55. The first-order valence-electron chi connectivity index (χ1n) is 5.11. The lowest BCUT2D eigenvalue weighted by Crippen LogP contribution is -2.21. The molecular weight excluding hydrogens is 208 g/mol. The van der Waals surface area contributed by atoms with Crippen LogP contribution in [0.3, 0.4) is 0 Å². The molecule has 0 atom stereocenters. The van der Waals surface area contributed by atoms with Gasteiger partial charge in [-0.2, -0.15) is 0 Å². The average molecular weight is 222 g/mol. The molecule has 0 aliphatic heterocycles. The van der Waals surface area contributed by atoms with Crippen LogP contribution in [-0.2, 0) is 0 Å². The van der Waals surface area contributed by atoms with E-state index >= 15 is 0 Å². The van der Waals surface area contributed by atoms with Crippen molar-refractivity contribution in [1.29, 1.82) is 0 Å². The van der Waals surface area contributed by atoms with E-state index in [2.05, 4.69) is 10.3 Å². The number of hydrogen-bond donors (Lipinski definition) is 2. The van der Waals surface area contributed by atoms with Crippen LogP contribution >= 0.6 is 0 Å². The molecule has 1 heterocycles. The highest BCUT2D eigenvalue weighted by molar-refractivity contribution is 5.94. The Morgan fingerprint density at radius 2 is 2.12 bits per heavy atom. The number of pyridine rings is 1. The van der Waals surface area contributed by atoms with Gasteiger partial charge in [0, 0.05) is 19.2 Å². The summed E-state index contributed by atoms with van der Waals surface area (Å²) in [6.07, 6.45) is 2.27. The Labute approximate surface area is 93.5 Å². The minimum absolute atomic E-state index is 0.00377. The molecule has 1 aromatic heterocycles. The molecule has 86 valence electrons. The summed E-state index contributed by atoms with van der Waals surface area (Å²) in [6.45, 7) is 0.380. The van der Waals surface area contributed by atoms with Gasteiger partial charge in [-0.05, 0) is 25.0 Å². The van der Waals surface area contributed by atoms with Crippen LogP contribution in [0.1, 0.15) is 29.8 Å². The van der Waals surface area contributed by atoms with Crippen molar-refractivity contribution in [3.8, 4) is 0 Å². The highest BCUT2D eigenvalue weighted by Gasteiger charge is 2.05. The van der Waals surface area contributed by atoms with Crippen molar-refractivity contribution in [2.75, 3.05) is 6.54 Å². The molecule has 0 bridgehead atoms. The maximum absolute atomic E-state index is 11.5. The highest BCUT2D eigenvalue weighted by atomic mass is 16.4. The van der Waals surface area contributed by atoms with Crippen molar-refractivity contribution < 1.29 is 14.7 Å². The van der Waals surface area contributed by atoms with Gasteiger partial charge in [0.2, 0.25) is 0 Å². The average Bonchev–Trinajstić information content (AvgIpc) is 2.29. The molecule has 0 unspecified atom stereocenters. The van der Waals surface area contributed by atoms with E-state index in [1.807, 2.05) is 0 Å². The summed E-state index contributed by atoms with van der Waals surface area (Å²) in [5.74, 6) is -0.00377. The molecule has 5 heteroatoms. The zero-order chi connectivity index (χ0) is 11.8. The third-order valence-corrected chi connectivity index (χ3v) is 2.06.